The van der Waals surface area contributed by atoms with E-state index in [4.69, 9.17) is 9.47 Å². The van der Waals surface area contributed by atoms with E-state index in [2.05, 4.69) is 15.3 Å². The molecule has 1 unspecified atom stereocenters. The van der Waals surface area contributed by atoms with Gasteiger partial charge in [0.2, 0.25) is 0 Å². The molecule has 2 fully saturated rings. The summed E-state index contributed by atoms with van der Waals surface area (Å²) in [4.78, 5) is 8.93. The number of aryl methyl sites for hydroxylation is 1. The predicted molar refractivity (Wildman–Crippen MR) is 81.3 cm³/mol. The first-order valence-electron chi connectivity index (χ1n) is 7.93. The van der Waals surface area contributed by atoms with Crippen LogP contribution in [0.3, 0.4) is 0 Å². The molecule has 116 valence electrons. The fraction of sp³-hybridized carbons (Fsp3) is 0.750. The number of nitrogens with one attached hydrogen (secondary N) is 1. The number of hydrogen-bond acceptors (Lipinski definition) is 5. The first-order valence-corrected chi connectivity index (χ1v) is 7.93. The highest BCUT2D eigenvalue weighted by Crippen LogP contribution is 2.40. The SMILES string of the molecule is COCc1nc(C)cc(NC2CCOC3(CCCC3)C2)n1. The summed E-state index contributed by atoms with van der Waals surface area (Å²) in [6.45, 7) is 3.30. The van der Waals surface area contributed by atoms with Gasteiger partial charge < -0.3 is 14.8 Å². The Balaban J connectivity index is 1.68. The molecule has 1 aliphatic carbocycles. The summed E-state index contributed by atoms with van der Waals surface area (Å²) in [5.74, 6) is 1.65. The third kappa shape index (κ3) is 3.52. The molecule has 1 atom stereocenters. The van der Waals surface area contributed by atoms with Gasteiger partial charge in [-0.2, -0.15) is 0 Å². The Kier molecular flexibility index (Phi) is 4.40. The predicted octanol–water partition coefficient (Wildman–Crippen LogP) is 2.84. The Morgan fingerprint density at radius 2 is 2.19 bits per heavy atom. The number of nitrogens with zero attached hydrogens (tertiary/aromatic N) is 2. The lowest BCUT2D eigenvalue weighted by Crippen LogP contribution is -2.42. The van der Waals surface area contributed by atoms with E-state index >= 15 is 0 Å². The molecule has 0 radical (unpaired) electrons. The van der Waals surface area contributed by atoms with Gasteiger partial charge in [-0.15, -0.1) is 0 Å². The van der Waals surface area contributed by atoms with E-state index in [0.717, 1.165) is 36.8 Å². The number of hydrogen-bond donors (Lipinski definition) is 1. The van der Waals surface area contributed by atoms with Crippen LogP contribution in [0.4, 0.5) is 5.82 Å². The Hall–Kier alpha value is -1.20. The van der Waals surface area contributed by atoms with Gasteiger partial charge in [-0.05, 0) is 32.6 Å². The molecule has 2 heterocycles. The second kappa shape index (κ2) is 6.28. The lowest BCUT2D eigenvalue weighted by Gasteiger charge is -2.38. The van der Waals surface area contributed by atoms with Crippen LogP contribution in [0.1, 0.15) is 50.0 Å². The average molecular weight is 291 g/mol. The van der Waals surface area contributed by atoms with Crippen molar-refractivity contribution in [1.29, 1.82) is 0 Å². The van der Waals surface area contributed by atoms with Crippen molar-refractivity contribution in [2.24, 2.45) is 0 Å². The smallest absolute Gasteiger partial charge is 0.156 e. The van der Waals surface area contributed by atoms with Crippen LogP contribution in [0.5, 0.6) is 0 Å². The van der Waals surface area contributed by atoms with E-state index in [1.165, 1.54) is 25.7 Å². The van der Waals surface area contributed by atoms with Crippen LogP contribution >= 0.6 is 0 Å². The molecule has 2 aliphatic rings. The fourth-order valence-electron chi connectivity index (χ4n) is 3.63. The summed E-state index contributed by atoms with van der Waals surface area (Å²) >= 11 is 0. The van der Waals surface area contributed by atoms with Crippen molar-refractivity contribution < 1.29 is 9.47 Å². The summed E-state index contributed by atoms with van der Waals surface area (Å²) in [6, 6.07) is 2.46. The average Bonchev–Trinajstić information content (AvgIpc) is 2.86. The van der Waals surface area contributed by atoms with E-state index in [9.17, 15) is 0 Å². The maximum Gasteiger partial charge on any atom is 0.156 e. The minimum atomic E-state index is 0.132. The maximum atomic E-state index is 6.09. The number of methoxy groups -OCH3 is 1. The second-order valence-electron chi connectivity index (χ2n) is 6.32. The van der Waals surface area contributed by atoms with Crippen LogP contribution in [-0.4, -0.2) is 35.3 Å². The van der Waals surface area contributed by atoms with Gasteiger partial charge in [-0.3, -0.25) is 0 Å². The summed E-state index contributed by atoms with van der Waals surface area (Å²) in [6.07, 6.45) is 7.17. The third-order valence-electron chi connectivity index (χ3n) is 4.53. The molecular formula is C16H25N3O2. The van der Waals surface area contributed by atoms with Crippen LogP contribution < -0.4 is 5.32 Å². The van der Waals surface area contributed by atoms with Crippen molar-refractivity contribution in [3.8, 4) is 0 Å². The first kappa shape index (κ1) is 14.7. The highest BCUT2D eigenvalue weighted by atomic mass is 16.5. The normalized spacial score (nSPS) is 24.4. The molecule has 0 bridgehead atoms. The van der Waals surface area contributed by atoms with Crippen LogP contribution in [-0.2, 0) is 16.1 Å². The van der Waals surface area contributed by atoms with E-state index < -0.39 is 0 Å². The lowest BCUT2D eigenvalue weighted by atomic mass is 9.89. The maximum absolute atomic E-state index is 6.09. The Labute approximate surface area is 126 Å². The van der Waals surface area contributed by atoms with Gasteiger partial charge in [-0.25, -0.2) is 9.97 Å². The Morgan fingerprint density at radius 3 is 2.95 bits per heavy atom. The second-order valence-corrected chi connectivity index (χ2v) is 6.32. The molecule has 0 aromatic carbocycles. The Bertz CT molecular complexity index is 486. The number of ether oxygens (including phenoxy) is 2. The molecule has 0 amide bonds. The molecule has 1 saturated heterocycles. The molecule has 1 spiro atoms. The van der Waals surface area contributed by atoms with Crippen molar-refractivity contribution in [3.63, 3.8) is 0 Å². The zero-order valence-electron chi connectivity index (χ0n) is 13.0. The van der Waals surface area contributed by atoms with E-state index in [1.54, 1.807) is 7.11 Å². The van der Waals surface area contributed by atoms with Crippen LogP contribution in [0.25, 0.3) is 0 Å². The van der Waals surface area contributed by atoms with E-state index in [1.807, 2.05) is 13.0 Å². The van der Waals surface area contributed by atoms with Gasteiger partial charge >= 0.3 is 0 Å². The Morgan fingerprint density at radius 1 is 1.38 bits per heavy atom. The molecule has 1 aromatic heterocycles. The minimum Gasteiger partial charge on any atom is -0.377 e. The number of aromatic nitrogens is 2. The van der Waals surface area contributed by atoms with Crippen molar-refractivity contribution >= 4 is 5.82 Å². The molecular weight excluding hydrogens is 266 g/mol. The lowest BCUT2D eigenvalue weighted by molar-refractivity contribution is -0.0767. The van der Waals surface area contributed by atoms with Crippen molar-refractivity contribution in [2.75, 3.05) is 19.0 Å². The van der Waals surface area contributed by atoms with Gasteiger partial charge in [0, 0.05) is 31.5 Å². The summed E-state index contributed by atoms with van der Waals surface area (Å²) in [7, 11) is 1.67. The summed E-state index contributed by atoms with van der Waals surface area (Å²) in [5.41, 5.74) is 1.11. The van der Waals surface area contributed by atoms with Crippen molar-refractivity contribution in [1.82, 2.24) is 9.97 Å². The molecule has 3 rings (SSSR count). The van der Waals surface area contributed by atoms with Crippen LogP contribution in [0, 0.1) is 6.92 Å². The zero-order valence-corrected chi connectivity index (χ0v) is 13.0. The standard InChI is InChI=1S/C16H25N3O2/c1-12-9-14(19-15(17-12)11-20-2)18-13-5-8-21-16(10-13)6-3-4-7-16/h9,13H,3-8,10-11H2,1-2H3,(H,17,18,19). The van der Waals surface area contributed by atoms with Gasteiger partial charge in [0.25, 0.3) is 0 Å². The molecule has 21 heavy (non-hydrogen) atoms. The monoisotopic (exact) mass is 291 g/mol. The summed E-state index contributed by atoms with van der Waals surface area (Å²) < 4.78 is 11.2. The molecule has 1 N–H and O–H groups in total. The largest absolute Gasteiger partial charge is 0.377 e. The molecule has 1 aromatic rings. The number of rotatable bonds is 4. The summed E-state index contributed by atoms with van der Waals surface area (Å²) in [5, 5.41) is 3.58. The minimum absolute atomic E-state index is 0.132. The quantitative estimate of drug-likeness (QED) is 0.924. The van der Waals surface area contributed by atoms with Crippen LogP contribution in [0.15, 0.2) is 6.07 Å². The topological polar surface area (TPSA) is 56.3 Å². The highest BCUT2D eigenvalue weighted by Gasteiger charge is 2.39. The van der Waals surface area contributed by atoms with Gasteiger partial charge in [0.1, 0.15) is 12.4 Å². The highest BCUT2D eigenvalue weighted by molar-refractivity contribution is 5.37. The molecule has 1 saturated carbocycles. The van der Waals surface area contributed by atoms with Crippen molar-refractivity contribution in [2.45, 2.75) is 63.7 Å². The molecule has 1 aliphatic heterocycles. The zero-order chi connectivity index (χ0) is 14.7. The third-order valence-corrected chi connectivity index (χ3v) is 4.53. The van der Waals surface area contributed by atoms with Gasteiger partial charge in [0.05, 0.1) is 5.60 Å². The van der Waals surface area contributed by atoms with E-state index in [-0.39, 0.29) is 5.60 Å². The first-order chi connectivity index (χ1) is 10.2. The van der Waals surface area contributed by atoms with Crippen LogP contribution in [0.2, 0.25) is 0 Å². The molecule has 5 nitrogen and oxygen atoms in total. The molecule has 5 heteroatoms. The fourth-order valence-corrected chi connectivity index (χ4v) is 3.63. The van der Waals surface area contributed by atoms with E-state index in [0.29, 0.717) is 12.6 Å². The van der Waals surface area contributed by atoms with Gasteiger partial charge in [-0.1, -0.05) is 12.8 Å². The van der Waals surface area contributed by atoms with Gasteiger partial charge in [0.15, 0.2) is 5.82 Å². The van der Waals surface area contributed by atoms with Crippen molar-refractivity contribution in [3.05, 3.63) is 17.6 Å². The number of anilines is 1.